The fourth-order valence-electron chi connectivity index (χ4n) is 0.936. The van der Waals surface area contributed by atoms with Crippen molar-refractivity contribution in [2.45, 2.75) is 6.42 Å². The maximum absolute atomic E-state index is 10.7. The molecule has 0 aliphatic rings. The van der Waals surface area contributed by atoms with E-state index in [1.54, 1.807) is 12.3 Å². The molecule has 1 N–H and O–H groups in total. The number of hydrogen-bond donors (Lipinski definition) is 1. The largest absolute Gasteiger partial charge is 0.478 e. The lowest BCUT2D eigenvalue weighted by Gasteiger charge is -2.01. The van der Waals surface area contributed by atoms with E-state index in [9.17, 15) is 4.79 Å². The van der Waals surface area contributed by atoms with Gasteiger partial charge in [-0.3, -0.25) is 4.98 Å². The van der Waals surface area contributed by atoms with Crippen molar-refractivity contribution in [1.29, 1.82) is 0 Å². The highest BCUT2D eigenvalue weighted by atomic mass is 127. The van der Waals surface area contributed by atoms with E-state index >= 15 is 0 Å². The minimum Gasteiger partial charge on any atom is -0.478 e. The molecule has 64 valence electrons. The number of carbonyl (C=O) groups is 1. The minimum atomic E-state index is -0.900. The van der Waals surface area contributed by atoms with Crippen molar-refractivity contribution in [2.24, 2.45) is 0 Å². The molecule has 12 heavy (non-hydrogen) atoms. The molecule has 0 fully saturated rings. The van der Waals surface area contributed by atoms with Gasteiger partial charge in [0.1, 0.15) is 0 Å². The average Bonchev–Trinajstić information content (AvgIpc) is 2.05. The Kier molecular flexibility index (Phi) is 3.46. The van der Waals surface area contributed by atoms with E-state index in [1.807, 2.05) is 0 Å². The van der Waals surface area contributed by atoms with Crippen molar-refractivity contribution in [3.8, 4) is 0 Å². The molecule has 0 saturated heterocycles. The first kappa shape index (κ1) is 9.44. The SMILES string of the molecule is O=C(O)c1cnccc1CCI. The second-order valence-corrected chi connectivity index (χ2v) is 3.36. The van der Waals surface area contributed by atoms with Gasteiger partial charge in [-0.15, -0.1) is 0 Å². The molecule has 0 saturated carbocycles. The lowest BCUT2D eigenvalue weighted by Crippen LogP contribution is -2.03. The van der Waals surface area contributed by atoms with Crippen molar-refractivity contribution >= 4 is 28.6 Å². The third-order valence-electron chi connectivity index (χ3n) is 1.51. The van der Waals surface area contributed by atoms with E-state index in [0.29, 0.717) is 5.56 Å². The summed E-state index contributed by atoms with van der Waals surface area (Å²) in [5.41, 5.74) is 1.17. The Labute approximate surface area is 84.0 Å². The van der Waals surface area contributed by atoms with Gasteiger partial charge in [-0.1, -0.05) is 22.6 Å². The van der Waals surface area contributed by atoms with Crippen LogP contribution in [0.15, 0.2) is 18.5 Å². The van der Waals surface area contributed by atoms with Gasteiger partial charge in [0.2, 0.25) is 0 Å². The van der Waals surface area contributed by atoms with Crippen molar-refractivity contribution in [3.63, 3.8) is 0 Å². The Morgan fingerprint density at radius 3 is 3.00 bits per heavy atom. The molecule has 4 heteroatoms. The molecule has 0 bridgehead atoms. The average molecular weight is 277 g/mol. The van der Waals surface area contributed by atoms with Crippen molar-refractivity contribution < 1.29 is 9.90 Å². The maximum Gasteiger partial charge on any atom is 0.337 e. The molecule has 0 atom stereocenters. The normalized spacial score (nSPS) is 9.75. The van der Waals surface area contributed by atoms with Crippen molar-refractivity contribution in [3.05, 3.63) is 29.6 Å². The first-order valence-electron chi connectivity index (χ1n) is 3.48. The number of alkyl halides is 1. The lowest BCUT2D eigenvalue weighted by atomic mass is 10.1. The molecular formula is C8H8INO2. The monoisotopic (exact) mass is 277 g/mol. The van der Waals surface area contributed by atoms with Crippen LogP contribution in [-0.2, 0) is 6.42 Å². The number of carboxylic acids is 1. The topological polar surface area (TPSA) is 50.2 Å². The summed E-state index contributed by atoms with van der Waals surface area (Å²) in [6, 6.07) is 1.75. The first-order valence-corrected chi connectivity index (χ1v) is 5.00. The van der Waals surface area contributed by atoms with Crippen LogP contribution in [0.4, 0.5) is 0 Å². The van der Waals surface area contributed by atoms with E-state index in [0.717, 1.165) is 16.4 Å². The molecular weight excluding hydrogens is 269 g/mol. The Bertz CT molecular complexity index is 288. The van der Waals surface area contributed by atoms with Crippen LogP contribution in [0.2, 0.25) is 0 Å². The predicted molar refractivity (Wildman–Crippen MR) is 53.8 cm³/mol. The summed E-state index contributed by atoms with van der Waals surface area (Å²) >= 11 is 2.22. The minimum absolute atomic E-state index is 0.314. The van der Waals surface area contributed by atoms with Crippen LogP contribution >= 0.6 is 22.6 Å². The van der Waals surface area contributed by atoms with E-state index in [2.05, 4.69) is 27.6 Å². The van der Waals surface area contributed by atoms with Gasteiger partial charge < -0.3 is 5.11 Å². The number of rotatable bonds is 3. The van der Waals surface area contributed by atoms with Crippen LogP contribution in [0.5, 0.6) is 0 Å². The van der Waals surface area contributed by atoms with Gasteiger partial charge in [-0.25, -0.2) is 4.79 Å². The summed E-state index contributed by atoms with van der Waals surface area (Å²) < 4.78 is 0.919. The fraction of sp³-hybridized carbons (Fsp3) is 0.250. The first-order chi connectivity index (χ1) is 5.75. The van der Waals surface area contributed by atoms with Gasteiger partial charge in [0.05, 0.1) is 5.56 Å². The van der Waals surface area contributed by atoms with Crippen molar-refractivity contribution in [1.82, 2.24) is 4.98 Å². The molecule has 0 amide bonds. The van der Waals surface area contributed by atoms with E-state index in [1.165, 1.54) is 6.20 Å². The van der Waals surface area contributed by atoms with Crippen LogP contribution in [0.1, 0.15) is 15.9 Å². The summed E-state index contributed by atoms with van der Waals surface area (Å²) in [4.78, 5) is 14.4. The highest BCUT2D eigenvalue weighted by Gasteiger charge is 2.07. The molecule has 0 aliphatic carbocycles. The Morgan fingerprint density at radius 1 is 1.67 bits per heavy atom. The highest BCUT2D eigenvalue weighted by molar-refractivity contribution is 14.1. The number of aromatic nitrogens is 1. The standard InChI is InChI=1S/C8H8INO2/c9-3-1-6-2-4-10-5-7(6)8(11)12/h2,4-5H,1,3H2,(H,11,12). The number of aromatic carboxylic acids is 1. The fourth-order valence-corrected chi connectivity index (χ4v) is 1.52. The highest BCUT2D eigenvalue weighted by Crippen LogP contribution is 2.08. The van der Waals surface area contributed by atoms with Crippen molar-refractivity contribution in [2.75, 3.05) is 4.43 Å². The maximum atomic E-state index is 10.7. The lowest BCUT2D eigenvalue weighted by molar-refractivity contribution is 0.0695. The van der Waals surface area contributed by atoms with Crippen LogP contribution in [0, 0.1) is 0 Å². The van der Waals surface area contributed by atoms with Gasteiger partial charge in [0.15, 0.2) is 0 Å². The third kappa shape index (κ3) is 2.17. The molecule has 1 heterocycles. The zero-order valence-electron chi connectivity index (χ0n) is 6.33. The summed E-state index contributed by atoms with van der Waals surface area (Å²) in [6.07, 6.45) is 3.79. The van der Waals surface area contributed by atoms with Gasteiger partial charge >= 0.3 is 5.97 Å². The van der Waals surface area contributed by atoms with Gasteiger partial charge in [-0.2, -0.15) is 0 Å². The molecule has 0 spiro atoms. The van der Waals surface area contributed by atoms with Gasteiger partial charge in [0, 0.05) is 16.8 Å². The number of nitrogens with zero attached hydrogens (tertiary/aromatic N) is 1. The van der Waals surface area contributed by atoms with E-state index in [4.69, 9.17) is 5.11 Å². The van der Waals surface area contributed by atoms with Gasteiger partial charge in [0.25, 0.3) is 0 Å². The summed E-state index contributed by atoms with van der Waals surface area (Å²) in [5.74, 6) is -0.900. The van der Waals surface area contributed by atoms with Gasteiger partial charge in [-0.05, 0) is 18.1 Å². The van der Waals surface area contributed by atoms with E-state index < -0.39 is 5.97 Å². The number of aryl methyl sites for hydroxylation is 1. The number of hydrogen-bond acceptors (Lipinski definition) is 2. The van der Waals surface area contributed by atoms with E-state index in [-0.39, 0.29) is 0 Å². The number of carboxylic acid groups (broad SMARTS) is 1. The second kappa shape index (κ2) is 4.39. The molecule has 0 unspecified atom stereocenters. The van der Waals surface area contributed by atoms with Crippen LogP contribution < -0.4 is 0 Å². The Morgan fingerprint density at radius 2 is 2.42 bits per heavy atom. The molecule has 1 rings (SSSR count). The van der Waals surface area contributed by atoms with Crippen LogP contribution in [-0.4, -0.2) is 20.5 Å². The summed E-state index contributed by atoms with van der Waals surface area (Å²) in [7, 11) is 0. The van der Waals surface area contributed by atoms with Crippen LogP contribution in [0.25, 0.3) is 0 Å². The number of halogens is 1. The second-order valence-electron chi connectivity index (χ2n) is 2.28. The molecule has 1 aromatic rings. The molecule has 0 radical (unpaired) electrons. The quantitative estimate of drug-likeness (QED) is 0.676. The zero-order chi connectivity index (χ0) is 8.97. The summed E-state index contributed by atoms with van der Waals surface area (Å²) in [5, 5.41) is 8.75. The third-order valence-corrected chi connectivity index (χ3v) is 2.04. The zero-order valence-corrected chi connectivity index (χ0v) is 8.48. The predicted octanol–water partition coefficient (Wildman–Crippen LogP) is 1.76. The molecule has 0 aliphatic heterocycles. The van der Waals surface area contributed by atoms with Crippen LogP contribution in [0.3, 0.4) is 0 Å². The molecule has 0 aromatic carbocycles. The smallest absolute Gasteiger partial charge is 0.337 e. The molecule has 1 aromatic heterocycles. The summed E-state index contributed by atoms with van der Waals surface area (Å²) in [6.45, 7) is 0. The molecule has 3 nitrogen and oxygen atoms in total. The Balaban J connectivity index is 3.00. The number of pyridine rings is 1. The Hall–Kier alpha value is -0.650.